The number of fused-ring (bicyclic) bond motifs is 1. The lowest BCUT2D eigenvalue weighted by Gasteiger charge is -2.09. The third kappa shape index (κ3) is 5.35. The zero-order chi connectivity index (χ0) is 21.5. The molecule has 0 aliphatic heterocycles. The van der Waals surface area contributed by atoms with Crippen molar-refractivity contribution in [3.8, 4) is 5.75 Å². The quantitative estimate of drug-likeness (QED) is 0.354. The molecule has 3 rings (SSSR count). The molecule has 2 N–H and O–H groups in total. The van der Waals surface area contributed by atoms with Crippen LogP contribution >= 0.6 is 0 Å². The van der Waals surface area contributed by atoms with Crippen molar-refractivity contribution in [2.75, 3.05) is 6.54 Å². The molecule has 154 valence electrons. The molecular formula is C23H21NO6. The number of hydrogen-bond donors (Lipinski definition) is 2. The normalized spacial score (nSPS) is 11.0. The second-order valence-corrected chi connectivity index (χ2v) is 6.62. The number of benzene rings is 2. The number of phenols is 1. The number of nitrogens with one attached hydrogen (secondary N) is 1. The Morgan fingerprint density at radius 2 is 1.93 bits per heavy atom. The first-order valence-corrected chi connectivity index (χ1v) is 9.36. The van der Waals surface area contributed by atoms with Gasteiger partial charge in [0.05, 0.1) is 6.42 Å². The molecule has 0 unspecified atom stereocenters. The van der Waals surface area contributed by atoms with E-state index in [9.17, 15) is 19.5 Å². The summed E-state index contributed by atoms with van der Waals surface area (Å²) in [4.78, 5) is 35.6. The van der Waals surface area contributed by atoms with Crippen molar-refractivity contribution in [1.29, 1.82) is 0 Å². The van der Waals surface area contributed by atoms with Gasteiger partial charge in [0.15, 0.2) is 0 Å². The van der Waals surface area contributed by atoms with Crippen LogP contribution in [0.1, 0.15) is 23.1 Å². The minimum absolute atomic E-state index is 0.00982. The van der Waals surface area contributed by atoms with Crippen molar-refractivity contribution in [2.24, 2.45) is 0 Å². The summed E-state index contributed by atoms with van der Waals surface area (Å²) in [5.41, 5.74) is 1.47. The average molecular weight is 407 g/mol. The van der Waals surface area contributed by atoms with Gasteiger partial charge in [0.1, 0.15) is 17.9 Å². The highest BCUT2D eigenvalue weighted by atomic mass is 16.5. The van der Waals surface area contributed by atoms with Crippen molar-refractivity contribution in [1.82, 2.24) is 5.32 Å². The maximum Gasteiger partial charge on any atom is 0.336 e. The van der Waals surface area contributed by atoms with Gasteiger partial charge in [-0.3, -0.25) is 9.59 Å². The van der Waals surface area contributed by atoms with Crippen molar-refractivity contribution in [3.05, 3.63) is 81.7 Å². The number of hydrogen-bond acceptors (Lipinski definition) is 6. The zero-order valence-electron chi connectivity index (χ0n) is 16.4. The molecule has 0 saturated carbocycles. The Kier molecular flexibility index (Phi) is 6.64. The van der Waals surface area contributed by atoms with Gasteiger partial charge in [-0.1, -0.05) is 30.3 Å². The molecular weight excluding hydrogens is 386 g/mol. The first-order valence-electron chi connectivity index (χ1n) is 9.36. The maximum absolute atomic E-state index is 12.0. The highest BCUT2D eigenvalue weighted by molar-refractivity contribution is 5.91. The minimum atomic E-state index is -0.597. The second kappa shape index (κ2) is 9.56. The van der Waals surface area contributed by atoms with Gasteiger partial charge in [-0.15, -0.1) is 0 Å². The van der Waals surface area contributed by atoms with Gasteiger partial charge in [0, 0.05) is 35.2 Å². The minimum Gasteiger partial charge on any atom is -0.508 e. The summed E-state index contributed by atoms with van der Waals surface area (Å²) in [7, 11) is 0. The van der Waals surface area contributed by atoms with Gasteiger partial charge in [0.2, 0.25) is 5.91 Å². The number of amides is 1. The van der Waals surface area contributed by atoms with Crippen LogP contribution in [0.25, 0.3) is 17.0 Å². The van der Waals surface area contributed by atoms with E-state index >= 15 is 0 Å². The van der Waals surface area contributed by atoms with Crippen LogP contribution in [0, 0.1) is 6.92 Å². The standard InChI is InChI=1S/C23H21NO6/c1-15-19(25)9-8-18-17(13-22(28)30-23(15)18)14-29-21(27)11-12-24-20(26)10-7-16-5-3-2-4-6-16/h2-10,13,25H,11-12,14H2,1H3,(H,24,26)/b10-7+. The molecule has 1 heterocycles. The summed E-state index contributed by atoms with van der Waals surface area (Å²) in [6.45, 7) is 1.64. The van der Waals surface area contributed by atoms with E-state index in [1.54, 1.807) is 19.1 Å². The van der Waals surface area contributed by atoms with Crippen LogP contribution < -0.4 is 10.9 Å². The van der Waals surface area contributed by atoms with Crippen molar-refractivity contribution in [2.45, 2.75) is 20.0 Å². The fourth-order valence-electron chi connectivity index (χ4n) is 2.85. The average Bonchev–Trinajstić information content (AvgIpc) is 2.74. The summed E-state index contributed by atoms with van der Waals surface area (Å²) in [5.74, 6) is -0.815. The number of esters is 1. The van der Waals surface area contributed by atoms with Crippen LogP contribution in [-0.2, 0) is 20.9 Å². The number of carbonyl (C=O) groups excluding carboxylic acids is 2. The Balaban J connectivity index is 1.52. The molecule has 0 aliphatic rings. The summed E-state index contributed by atoms with van der Waals surface area (Å²) >= 11 is 0. The molecule has 0 bridgehead atoms. The lowest BCUT2D eigenvalue weighted by atomic mass is 10.1. The molecule has 2 aromatic carbocycles. The van der Waals surface area contributed by atoms with Gasteiger partial charge in [-0.2, -0.15) is 0 Å². The van der Waals surface area contributed by atoms with E-state index in [1.807, 2.05) is 30.3 Å². The molecule has 0 radical (unpaired) electrons. The fourth-order valence-corrected chi connectivity index (χ4v) is 2.85. The van der Waals surface area contributed by atoms with E-state index in [-0.39, 0.29) is 36.8 Å². The molecule has 0 saturated heterocycles. The van der Waals surface area contributed by atoms with Crippen molar-refractivity contribution in [3.63, 3.8) is 0 Å². The lowest BCUT2D eigenvalue weighted by Crippen LogP contribution is -2.24. The number of ether oxygens (including phenoxy) is 1. The smallest absolute Gasteiger partial charge is 0.336 e. The molecule has 7 heteroatoms. The molecule has 1 aromatic heterocycles. The van der Waals surface area contributed by atoms with E-state index in [2.05, 4.69) is 5.32 Å². The Labute approximate surface area is 172 Å². The van der Waals surface area contributed by atoms with Crippen LogP contribution in [0.15, 0.2) is 63.8 Å². The molecule has 7 nitrogen and oxygen atoms in total. The summed E-state index contributed by atoms with van der Waals surface area (Å²) < 4.78 is 10.4. The van der Waals surface area contributed by atoms with Gasteiger partial charge >= 0.3 is 11.6 Å². The highest BCUT2D eigenvalue weighted by Gasteiger charge is 2.12. The van der Waals surface area contributed by atoms with Gasteiger partial charge in [-0.25, -0.2) is 4.79 Å². The van der Waals surface area contributed by atoms with E-state index in [4.69, 9.17) is 9.15 Å². The van der Waals surface area contributed by atoms with E-state index < -0.39 is 11.6 Å². The highest BCUT2D eigenvalue weighted by Crippen LogP contribution is 2.27. The summed E-state index contributed by atoms with van der Waals surface area (Å²) in [6.07, 6.45) is 3.07. The van der Waals surface area contributed by atoms with Crippen LogP contribution in [0.3, 0.4) is 0 Å². The molecule has 30 heavy (non-hydrogen) atoms. The maximum atomic E-state index is 12.0. The molecule has 0 fully saturated rings. The number of rotatable bonds is 7. The predicted octanol–water partition coefficient (Wildman–Crippen LogP) is 3.07. The molecule has 1 amide bonds. The van der Waals surface area contributed by atoms with Gasteiger partial charge in [0.25, 0.3) is 0 Å². The first-order chi connectivity index (χ1) is 14.4. The molecule has 0 atom stereocenters. The monoisotopic (exact) mass is 407 g/mol. The summed E-state index contributed by atoms with van der Waals surface area (Å²) in [5, 5.41) is 13.0. The van der Waals surface area contributed by atoms with Crippen LogP contribution in [-0.4, -0.2) is 23.5 Å². The van der Waals surface area contributed by atoms with Gasteiger partial charge < -0.3 is 19.6 Å². The fraction of sp³-hybridized carbons (Fsp3) is 0.174. The Bertz CT molecular complexity index is 1150. The van der Waals surface area contributed by atoms with Crippen molar-refractivity contribution < 1.29 is 23.8 Å². The molecule has 0 aliphatic carbocycles. The Morgan fingerprint density at radius 1 is 1.17 bits per heavy atom. The number of phenolic OH excluding ortho intramolecular Hbond substituents is 1. The summed E-state index contributed by atoms with van der Waals surface area (Å²) in [6, 6.07) is 13.7. The van der Waals surface area contributed by atoms with E-state index in [1.165, 1.54) is 18.2 Å². The van der Waals surface area contributed by atoms with Crippen LogP contribution in [0.5, 0.6) is 5.75 Å². The predicted molar refractivity (Wildman–Crippen MR) is 112 cm³/mol. The molecule has 3 aromatic rings. The number of aromatic hydroxyl groups is 1. The van der Waals surface area contributed by atoms with Crippen LogP contribution in [0.2, 0.25) is 0 Å². The largest absolute Gasteiger partial charge is 0.508 e. The SMILES string of the molecule is Cc1c(O)ccc2c(COC(=O)CCNC(=O)/C=C/c3ccccc3)cc(=O)oc12. The van der Waals surface area contributed by atoms with Crippen LogP contribution in [0.4, 0.5) is 0 Å². The van der Waals surface area contributed by atoms with Crippen molar-refractivity contribution >= 4 is 28.9 Å². The number of aryl methyl sites for hydroxylation is 1. The third-order valence-corrected chi connectivity index (χ3v) is 4.46. The van der Waals surface area contributed by atoms with E-state index in [0.29, 0.717) is 16.5 Å². The number of carbonyl (C=O) groups is 2. The molecule has 0 spiro atoms. The topological polar surface area (TPSA) is 106 Å². The van der Waals surface area contributed by atoms with E-state index in [0.717, 1.165) is 5.56 Å². The lowest BCUT2D eigenvalue weighted by molar-refractivity contribution is -0.144. The van der Waals surface area contributed by atoms with Gasteiger partial charge in [-0.05, 0) is 30.7 Å². The first kappa shape index (κ1) is 20.9. The second-order valence-electron chi connectivity index (χ2n) is 6.62. The Morgan fingerprint density at radius 3 is 2.70 bits per heavy atom. The third-order valence-electron chi connectivity index (χ3n) is 4.46. The Hall–Kier alpha value is -3.87. The zero-order valence-corrected chi connectivity index (χ0v) is 16.4.